The van der Waals surface area contributed by atoms with E-state index in [1.54, 1.807) is 18.2 Å². The van der Waals surface area contributed by atoms with Crippen LogP contribution in [0.1, 0.15) is 5.56 Å². The molecule has 1 aliphatic rings. The zero-order chi connectivity index (χ0) is 15.7. The highest BCUT2D eigenvalue weighted by Crippen LogP contribution is 2.28. The van der Waals surface area contributed by atoms with Crippen LogP contribution in [0, 0.1) is 5.82 Å². The van der Waals surface area contributed by atoms with Crippen molar-refractivity contribution in [3.05, 3.63) is 63.8 Å². The lowest BCUT2D eigenvalue weighted by Gasteiger charge is -2.04. The molecule has 0 radical (unpaired) electrons. The topological polar surface area (TPSA) is 29.1 Å². The lowest BCUT2D eigenvalue weighted by molar-refractivity contribution is -0.115. The van der Waals surface area contributed by atoms with Gasteiger partial charge in [-0.05, 0) is 34.9 Å². The van der Waals surface area contributed by atoms with E-state index < -0.39 is 5.82 Å². The molecule has 22 heavy (non-hydrogen) atoms. The Kier molecular flexibility index (Phi) is 4.29. The van der Waals surface area contributed by atoms with Gasteiger partial charge in [0, 0.05) is 0 Å². The lowest BCUT2D eigenvalue weighted by atomic mass is 10.0. The van der Waals surface area contributed by atoms with Crippen LogP contribution in [-0.2, 0) is 4.79 Å². The number of halogens is 2. The van der Waals surface area contributed by atoms with Gasteiger partial charge in [-0.1, -0.05) is 65.9 Å². The number of thiocarbonyl (C=S) groups is 1. The molecule has 1 heterocycles. The van der Waals surface area contributed by atoms with E-state index in [0.717, 1.165) is 16.7 Å². The molecule has 3 rings (SSSR count). The number of thioether (sulfide) groups is 1. The summed E-state index contributed by atoms with van der Waals surface area (Å²) in [5, 5.41) is 2.67. The van der Waals surface area contributed by atoms with Crippen LogP contribution in [0.3, 0.4) is 0 Å². The minimum Gasteiger partial charge on any atom is -0.307 e. The Hall–Kier alpha value is -1.69. The van der Waals surface area contributed by atoms with Crippen LogP contribution in [0.2, 0.25) is 5.02 Å². The van der Waals surface area contributed by atoms with E-state index in [4.69, 9.17) is 23.8 Å². The van der Waals surface area contributed by atoms with E-state index in [9.17, 15) is 9.18 Å². The minimum absolute atomic E-state index is 0.0937. The van der Waals surface area contributed by atoms with Crippen molar-refractivity contribution in [2.75, 3.05) is 0 Å². The molecule has 1 amide bonds. The molecule has 1 N–H and O–H groups in total. The van der Waals surface area contributed by atoms with Crippen LogP contribution in [0.4, 0.5) is 4.39 Å². The number of amides is 1. The Bertz CT molecular complexity index is 802. The number of hydrogen-bond donors (Lipinski definition) is 1. The first-order valence-corrected chi connectivity index (χ1v) is 7.93. The van der Waals surface area contributed by atoms with Crippen molar-refractivity contribution in [2.24, 2.45) is 0 Å². The summed E-state index contributed by atoms with van der Waals surface area (Å²) in [5.41, 5.74) is 2.64. The standard InChI is InChI=1S/C16H9ClFNOS2/c17-12-8-11(5-6-13(12)18)10-3-1-9(2-4-10)7-14-15(20)19-16(21)22-14/h1-8H,(H,19,20,21)/b14-7+. The Morgan fingerprint density at radius 1 is 1.14 bits per heavy atom. The highest BCUT2D eigenvalue weighted by Gasteiger charge is 2.21. The van der Waals surface area contributed by atoms with Crippen molar-refractivity contribution in [2.45, 2.75) is 0 Å². The first-order valence-electron chi connectivity index (χ1n) is 6.33. The lowest BCUT2D eigenvalue weighted by Crippen LogP contribution is -2.17. The molecule has 6 heteroatoms. The number of carbonyl (C=O) groups excluding carboxylic acids is 1. The third kappa shape index (κ3) is 3.21. The molecule has 2 nitrogen and oxygen atoms in total. The van der Waals surface area contributed by atoms with Gasteiger partial charge in [0.1, 0.15) is 10.1 Å². The summed E-state index contributed by atoms with van der Waals surface area (Å²) in [4.78, 5) is 12.2. The van der Waals surface area contributed by atoms with Gasteiger partial charge in [0.05, 0.1) is 9.93 Å². The second-order valence-electron chi connectivity index (χ2n) is 4.60. The number of hydrogen-bond acceptors (Lipinski definition) is 3. The van der Waals surface area contributed by atoms with Crippen molar-refractivity contribution in [3.8, 4) is 11.1 Å². The van der Waals surface area contributed by atoms with Gasteiger partial charge in [0.25, 0.3) is 5.91 Å². The molecule has 2 aromatic rings. The van der Waals surface area contributed by atoms with Gasteiger partial charge >= 0.3 is 0 Å². The molecule has 0 aromatic heterocycles. The second kappa shape index (κ2) is 6.20. The van der Waals surface area contributed by atoms with E-state index in [2.05, 4.69) is 5.32 Å². The van der Waals surface area contributed by atoms with Crippen molar-refractivity contribution in [3.63, 3.8) is 0 Å². The highest BCUT2D eigenvalue weighted by molar-refractivity contribution is 8.26. The molecule has 0 atom stereocenters. The summed E-state index contributed by atoms with van der Waals surface area (Å²) in [7, 11) is 0. The summed E-state index contributed by atoms with van der Waals surface area (Å²) in [6.07, 6.45) is 1.78. The van der Waals surface area contributed by atoms with Gasteiger partial charge in [0.2, 0.25) is 0 Å². The van der Waals surface area contributed by atoms with Crippen LogP contribution in [0.5, 0.6) is 0 Å². The summed E-state index contributed by atoms with van der Waals surface area (Å²) >= 11 is 12.0. The summed E-state index contributed by atoms with van der Waals surface area (Å²) < 4.78 is 13.7. The van der Waals surface area contributed by atoms with Gasteiger partial charge in [-0.3, -0.25) is 4.79 Å². The molecule has 1 fully saturated rings. The molecule has 0 unspecified atom stereocenters. The minimum atomic E-state index is -0.438. The average Bonchev–Trinajstić information content (AvgIpc) is 2.81. The Morgan fingerprint density at radius 2 is 1.82 bits per heavy atom. The third-order valence-electron chi connectivity index (χ3n) is 3.10. The fourth-order valence-electron chi connectivity index (χ4n) is 2.02. The van der Waals surface area contributed by atoms with Crippen LogP contribution in [-0.4, -0.2) is 10.2 Å². The normalized spacial score (nSPS) is 16.2. The highest BCUT2D eigenvalue weighted by atomic mass is 35.5. The molecule has 0 aliphatic carbocycles. The van der Waals surface area contributed by atoms with Crippen molar-refractivity contribution in [1.29, 1.82) is 0 Å². The maximum absolute atomic E-state index is 13.2. The van der Waals surface area contributed by atoms with E-state index in [-0.39, 0.29) is 10.9 Å². The first-order chi connectivity index (χ1) is 10.5. The Labute approximate surface area is 141 Å². The first kappa shape index (κ1) is 15.2. The summed E-state index contributed by atoms with van der Waals surface area (Å²) in [5.74, 6) is -0.614. The zero-order valence-corrected chi connectivity index (χ0v) is 13.5. The van der Waals surface area contributed by atoms with E-state index in [0.29, 0.717) is 9.23 Å². The Morgan fingerprint density at radius 3 is 2.41 bits per heavy atom. The van der Waals surface area contributed by atoms with Gasteiger partial charge in [0.15, 0.2) is 0 Å². The zero-order valence-electron chi connectivity index (χ0n) is 11.1. The molecular formula is C16H9ClFNOS2. The quantitative estimate of drug-likeness (QED) is 0.633. The SMILES string of the molecule is O=C1NC(=S)S/C1=C/c1ccc(-c2ccc(F)c(Cl)c2)cc1. The van der Waals surface area contributed by atoms with Crippen molar-refractivity contribution < 1.29 is 9.18 Å². The molecule has 1 saturated heterocycles. The largest absolute Gasteiger partial charge is 0.307 e. The fourth-order valence-corrected chi connectivity index (χ4v) is 3.24. The van der Waals surface area contributed by atoms with Gasteiger partial charge in [-0.2, -0.15) is 0 Å². The number of carbonyl (C=O) groups is 1. The summed E-state index contributed by atoms with van der Waals surface area (Å²) in [6.45, 7) is 0. The maximum Gasteiger partial charge on any atom is 0.263 e. The van der Waals surface area contributed by atoms with Crippen LogP contribution >= 0.6 is 35.6 Å². The van der Waals surface area contributed by atoms with Crippen LogP contribution in [0.25, 0.3) is 17.2 Å². The molecule has 0 spiro atoms. The molecule has 0 bridgehead atoms. The molecule has 0 saturated carbocycles. The van der Waals surface area contributed by atoms with Gasteiger partial charge < -0.3 is 5.32 Å². The smallest absolute Gasteiger partial charge is 0.263 e. The number of rotatable bonds is 2. The predicted molar refractivity (Wildman–Crippen MR) is 93.2 cm³/mol. The van der Waals surface area contributed by atoms with Crippen LogP contribution in [0.15, 0.2) is 47.4 Å². The van der Waals surface area contributed by atoms with Gasteiger partial charge in [-0.25, -0.2) is 4.39 Å². The average molecular weight is 350 g/mol. The van der Waals surface area contributed by atoms with Crippen LogP contribution < -0.4 is 5.32 Å². The number of benzene rings is 2. The monoisotopic (exact) mass is 349 g/mol. The molecule has 2 aromatic carbocycles. The van der Waals surface area contributed by atoms with E-state index >= 15 is 0 Å². The predicted octanol–water partition coefficient (Wildman–Crippen LogP) is 4.63. The van der Waals surface area contributed by atoms with E-state index in [1.165, 1.54) is 17.8 Å². The third-order valence-corrected chi connectivity index (χ3v) is 4.56. The van der Waals surface area contributed by atoms with Gasteiger partial charge in [-0.15, -0.1) is 0 Å². The van der Waals surface area contributed by atoms with Crippen molar-refractivity contribution in [1.82, 2.24) is 5.32 Å². The summed E-state index contributed by atoms with van der Waals surface area (Å²) in [6, 6.07) is 12.2. The maximum atomic E-state index is 13.2. The van der Waals surface area contributed by atoms with Crippen molar-refractivity contribution >= 4 is 51.9 Å². The molecular weight excluding hydrogens is 341 g/mol. The number of nitrogens with one attached hydrogen (secondary N) is 1. The molecule has 110 valence electrons. The van der Waals surface area contributed by atoms with E-state index in [1.807, 2.05) is 24.3 Å². The Balaban J connectivity index is 1.87. The molecule has 1 aliphatic heterocycles. The second-order valence-corrected chi connectivity index (χ2v) is 6.73. The fraction of sp³-hybridized carbons (Fsp3) is 0.